The van der Waals surface area contributed by atoms with Crippen molar-refractivity contribution in [3.63, 3.8) is 0 Å². The molecule has 7 nitrogen and oxygen atoms in total. The molecule has 0 saturated carbocycles. The van der Waals surface area contributed by atoms with Gasteiger partial charge in [-0.3, -0.25) is 9.48 Å². The van der Waals surface area contributed by atoms with Crippen LogP contribution in [0.5, 0.6) is 0 Å². The van der Waals surface area contributed by atoms with Crippen molar-refractivity contribution in [1.29, 1.82) is 0 Å². The average Bonchev–Trinajstić information content (AvgIpc) is 2.75. The van der Waals surface area contributed by atoms with Gasteiger partial charge in [-0.2, -0.15) is 5.10 Å². The number of nitrogens with one attached hydrogen (secondary N) is 1. The molecule has 0 aromatic carbocycles. The fraction of sp³-hybridized carbons (Fsp3) is 0.583. The van der Waals surface area contributed by atoms with E-state index in [1.54, 1.807) is 10.9 Å². The lowest BCUT2D eigenvalue weighted by Crippen LogP contribution is -2.45. The van der Waals surface area contributed by atoms with Gasteiger partial charge in [0, 0.05) is 12.7 Å². The number of rotatable bonds is 5. The number of aromatic nitrogens is 2. The summed E-state index contributed by atoms with van der Waals surface area (Å²) in [7, 11) is 1.28. The second-order valence-corrected chi connectivity index (χ2v) is 4.51. The Morgan fingerprint density at radius 1 is 1.53 bits per heavy atom. The number of anilines is 1. The zero-order chi connectivity index (χ0) is 14.6. The molecule has 106 valence electrons. The van der Waals surface area contributed by atoms with E-state index in [4.69, 9.17) is 5.73 Å². The maximum absolute atomic E-state index is 12.1. The number of ether oxygens (including phenoxy) is 1. The third-order valence-corrected chi connectivity index (χ3v) is 2.74. The maximum Gasteiger partial charge on any atom is 0.328 e. The monoisotopic (exact) mass is 268 g/mol. The molecule has 19 heavy (non-hydrogen) atoms. The van der Waals surface area contributed by atoms with E-state index in [-0.39, 0.29) is 17.3 Å². The lowest BCUT2D eigenvalue weighted by atomic mass is 10.0. The highest BCUT2D eigenvalue weighted by Gasteiger charge is 2.27. The van der Waals surface area contributed by atoms with Crippen LogP contribution in [0.2, 0.25) is 0 Å². The number of nitrogen functional groups attached to an aromatic ring is 1. The van der Waals surface area contributed by atoms with Gasteiger partial charge in [-0.15, -0.1) is 0 Å². The minimum atomic E-state index is -0.719. The van der Waals surface area contributed by atoms with E-state index >= 15 is 0 Å². The first-order chi connectivity index (χ1) is 8.90. The van der Waals surface area contributed by atoms with Crippen molar-refractivity contribution >= 4 is 17.6 Å². The molecule has 0 spiro atoms. The largest absolute Gasteiger partial charge is 0.467 e. The van der Waals surface area contributed by atoms with Crippen molar-refractivity contribution in [2.75, 3.05) is 12.8 Å². The summed E-state index contributed by atoms with van der Waals surface area (Å²) in [4.78, 5) is 23.6. The van der Waals surface area contributed by atoms with Gasteiger partial charge in [0.25, 0.3) is 5.91 Å². The summed E-state index contributed by atoms with van der Waals surface area (Å²) in [5, 5.41) is 6.65. The molecule has 1 amide bonds. The Hall–Kier alpha value is -2.05. The van der Waals surface area contributed by atoms with Crippen LogP contribution in [-0.4, -0.2) is 34.8 Å². The molecule has 7 heteroatoms. The average molecular weight is 268 g/mol. The Kier molecular flexibility index (Phi) is 4.91. The molecule has 0 saturated heterocycles. The van der Waals surface area contributed by atoms with E-state index in [0.717, 1.165) is 0 Å². The molecule has 1 atom stereocenters. The quantitative estimate of drug-likeness (QED) is 0.754. The van der Waals surface area contributed by atoms with Gasteiger partial charge < -0.3 is 15.8 Å². The van der Waals surface area contributed by atoms with Crippen molar-refractivity contribution in [1.82, 2.24) is 15.1 Å². The molecule has 0 fully saturated rings. The van der Waals surface area contributed by atoms with Gasteiger partial charge >= 0.3 is 5.97 Å². The van der Waals surface area contributed by atoms with Crippen LogP contribution in [0.25, 0.3) is 0 Å². The van der Waals surface area contributed by atoms with Crippen LogP contribution in [0.3, 0.4) is 0 Å². The zero-order valence-electron chi connectivity index (χ0n) is 11.6. The number of nitrogens with two attached hydrogens (primary N) is 1. The number of carbonyl (C=O) groups excluding carboxylic acids is 2. The number of carbonyl (C=O) groups is 2. The molecule has 1 aromatic rings. The fourth-order valence-electron chi connectivity index (χ4n) is 1.61. The number of aryl methyl sites for hydroxylation is 1. The van der Waals surface area contributed by atoms with Gasteiger partial charge in [0.05, 0.1) is 12.8 Å². The van der Waals surface area contributed by atoms with Gasteiger partial charge in [0.2, 0.25) is 0 Å². The molecule has 0 bridgehead atoms. The zero-order valence-corrected chi connectivity index (χ0v) is 11.6. The lowest BCUT2D eigenvalue weighted by Gasteiger charge is -2.19. The molecule has 0 aliphatic rings. The van der Waals surface area contributed by atoms with Crippen molar-refractivity contribution < 1.29 is 14.3 Å². The van der Waals surface area contributed by atoms with Crippen LogP contribution in [-0.2, 0) is 16.1 Å². The van der Waals surface area contributed by atoms with E-state index in [1.165, 1.54) is 7.11 Å². The first kappa shape index (κ1) is 15.0. The van der Waals surface area contributed by atoms with E-state index < -0.39 is 17.9 Å². The lowest BCUT2D eigenvalue weighted by molar-refractivity contribution is -0.144. The SMILES string of the molecule is CCn1cc(N)c(C(=O)NC(C(=O)OC)C(C)C)n1. The van der Waals surface area contributed by atoms with Crippen molar-refractivity contribution in [2.24, 2.45) is 5.92 Å². The van der Waals surface area contributed by atoms with Gasteiger partial charge in [-0.05, 0) is 12.8 Å². The Morgan fingerprint density at radius 2 is 2.16 bits per heavy atom. The van der Waals surface area contributed by atoms with Crippen LogP contribution in [0.15, 0.2) is 6.20 Å². The standard InChI is InChI=1S/C12H20N4O3/c1-5-16-6-8(13)10(15-16)11(17)14-9(7(2)3)12(18)19-4/h6-7,9H,5,13H2,1-4H3,(H,14,17). The molecule has 1 unspecified atom stereocenters. The highest BCUT2D eigenvalue weighted by Crippen LogP contribution is 2.11. The highest BCUT2D eigenvalue weighted by atomic mass is 16.5. The number of esters is 1. The molecule has 0 radical (unpaired) electrons. The molecule has 1 rings (SSSR count). The summed E-state index contributed by atoms with van der Waals surface area (Å²) in [6.07, 6.45) is 1.58. The number of amides is 1. The van der Waals surface area contributed by atoms with E-state index in [9.17, 15) is 9.59 Å². The van der Waals surface area contributed by atoms with Crippen LogP contribution in [0.4, 0.5) is 5.69 Å². The molecular weight excluding hydrogens is 248 g/mol. The number of hydrogen-bond donors (Lipinski definition) is 2. The van der Waals surface area contributed by atoms with Gasteiger partial charge in [-0.1, -0.05) is 13.8 Å². The van der Waals surface area contributed by atoms with Crippen molar-refractivity contribution in [3.8, 4) is 0 Å². The summed E-state index contributed by atoms with van der Waals surface area (Å²) in [5.41, 5.74) is 6.12. The molecule has 0 aliphatic heterocycles. The highest BCUT2D eigenvalue weighted by molar-refractivity contribution is 5.99. The molecular formula is C12H20N4O3. The Balaban J connectivity index is 2.87. The second kappa shape index (κ2) is 6.21. The predicted octanol–water partition coefficient (Wildman–Crippen LogP) is 0.413. The first-order valence-corrected chi connectivity index (χ1v) is 6.12. The fourth-order valence-corrected chi connectivity index (χ4v) is 1.61. The van der Waals surface area contributed by atoms with E-state index in [1.807, 2.05) is 20.8 Å². The number of methoxy groups -OCH3 is 1. The number of hydrogen-bond acceptors (Lipinski definition) is 5. The Morgan fingerprint density at radius 3 is 2.58 bits per heavy atom. The summed E-state index contributed by atoms with van der Waals surface area (Å²) in [5.74, 6) is -1.06. The van der Waals surface area contributed by atoms with Crippen molar-refractivity contribution in [2.45, 2.75) is 33.4 Å². The summed E-state index contributed by atoms with van der Waals surface area (Å²) in [6, 6.07) is -0.719. The third kappa shape index (κ3) is 3.46. The summed E-state index contributed by atoms with van der Waals surface area (Å²) < 4.78 is 6.22. The normalized spacial score (nSPS) is 12.3. The number of nitrogens with zero attached hydrogens (tertiary/aromatic N) is 2. The molecule has 1 aromatic heterocycles. The predicted molar refractivity (Wildman–Crippen MR) is 70.4 cm³/mol. The van der Waals surface area contributed by atoms with Crippen LogP contribution < -0.4 is 11.1 Å². The maximum atomic E-state index is 12.1. The van der Waals surface area contributed by atoms with Gasteiger partial charge in [0.1, 0.15) is 6.04 Å². The second-order valence-electron chi connectivity index (χ2n) is 4.51. The third-order valence-electron chi connectivity index (χ3n) is 2.74. The smallest absolute Gasteiger partial charge is 0.328 e. The minimum Gasteiger partial charge on any atom is -0.467 e. The Labute approximate surface area is 112 Å². The molecule has 1 heterocycles. The van der Waals surface area contributed by atoms with Gasteiger partial charge in [0.15, 0.2) is 5.69 Å². The minimum absolute atomic E-state index is 0.0918. The van der Waals surface area contributed by atoms with E-state index in [0.29, 0.717) is 6.54 Å². The summed E-state index contributed by atoms with van der Waals surface area (Å²) >= 11 is 0. The Bertz CT molecular complexity index is 468. The first-order valence-electron chi connectivity index (χ1n) is 6.12. The van der Waals surface area contributed by atoms with E-state index in [2.05, 4.69) is 15.2 Å². The summed E-state index contributed by atoms with van der Waals surface area (Å²) in [6.45, 7) is 6.13. The molecule has 0 aliphatic carbocycles. The van der Waals surface area contributed by atoms with Gasteiger partial charge in [-0.25, -0.2) is 4.79 Å². The van der Waals surface area contributed by atoms with Crippen LogP contribution in [0.1, 0.15) is 31.3 Å². The van der Waals surface area contributed by atoms with Crippen molar-refractivity contribution in [3.05, 3.63) is 11.9 Å². The molecule has 3 N–H and O–H groups in total. The van der Waals surface area contributed by atoms with Crippen LogP contribution in [0, 0.1) is 5.92 Å². The topological polar surface area (TPSA) is 99.2 Å². The van der Waals surface area contributed by atoms with Crippen LogP contribution >= 0.6 is 0 Å².